The molecule has 0 aromatic rings. The second kappa shape index (κ2) is 39.3. The third kappa shape index (κ3) is 35.5. The van der Waals surface area contributed by atoms with Crippen molar-refractivity contribution >= 4 is 17.8 Å². The predicted molar refractivity (Wildman–Crippen MR) is 220 cm³/mol. The van der Waals surface area contributed by atoms with Gasteiger partial charge < -0.3 is 20.9 Å². The van der Waals surface area contributed by atoms with Crippen LogP contribution in [0.4, 0.5) is 0 Å². The number of allylic oxidation sites excluding steroid dienone is 9. The topological polar surface area (TPSA) is 119 Å². The first-order chi connectivity index (χ1) is 25.4. The molecule has 0 saturated heterocycles. The number of rotatable bonds is 37. The van der Waals surface area contributed by atoms with Crippen molar-refractivity contribution in [1.29, 1.82) is 0 Å². The molecule has 0 heterocycles. The van der Waals surface area contributed by atoms with Crippen LogP contribution in [0.25, 0.3) is 0 Å². The normalized spacial score (nSPS) is 13.3. The van der Waals surface area contributed by atoms with Gasteiger partial charge in [0.05, 0.1) is 0 Å². The van der Waals surface area contributed by atoms with Crippen LogP contribution in [0.2, 0.25) is 0 Å². The second-order valence-electron chi connectivity index (χ2n) is 14.0. The molecule has 0 aliphatic carbocycles. The largest absolute Gasteiger partial charge is 0.480 e. The quantitative estimate of drug-likeness (QED) is 0.0333. The van der Waals surface area contributed by atoms with E-state index in [9.17, 15) is 19.5 Å². The van der Waals surface area contributed by atoms with Crippen LogP contribution in [-0.4, -0.2) is 41.6 Å². The first kappa shape index (κ1) is 49.1. The Labute approximate surface area is 319 Å². The number of hydrogen-bond acceptors (Lipinski definition) is 5. The average molecular weight is 727 g/mol. The van der Waals surface area contributed by atoms with Crippen molar-refractivity contribution in [1.82, 2.24) is 5.32 Å². The molecule has 4 N–H and O–H groups in total. The Morgan fingerprint density at radius 1 is 0.596 bits per heavy atom. The third-order valence-electron chi connectivity index (χ3n) is 9.05. The highest BCUT2D eigenvalue weighted by Crippen LogP contribution is 2.16. The lowest BCUT2D eigenvalue weighted by Gasteiger charge is -2.15. The molecule has 0 spiro atoms. The number of carbonyl (C=O) groups excluding carboxylic acids is 2. The van der Waals surface area contributed by atoms with E-state index in [1.807, 2.05) is 0 Å². The zero-order valence-electron chi connectivity index (χ0n) is 33.4. The van der Waals surface area contributed by atoms with Crippen molar-refractivity contribution in [3.63, 3.8) is 0 Å². The van der Waals surface area contributed by atoms with Crippen LogP contribution < -0.4 is 11.1 Å². The van der Waals surface area contributed by atoms with E-state index in [0.29, 0.717) is 32.2 Å². The number of carboxylic acid groups (broad SMARTS) is 1. The molecule has 0 radical (unpaired) electrons. The lowest BCUT2D eigenvalue weighted by molar-refractivity contribution is -0.147. The van der Waals surface area contributed by atoms with E-state index in [4.69, 9.17) is 10.5 Å². The van der Waals surface area contributed by atoms with Gasteiger partial charge in [-0.2, -0.15) is 0 Å². The summed E-state index contributed by atoms with van der Waals surface area (Å²) in [6.07, 6.45) is 48.5. The summed E-state index contributed by atoms with van der Waals surface area (Å²) in [5, 5.41) is 11.9. The van der Waals surface area contributed by atoms with E-state index < -0.39 is 12.0 Å². The summed E-state index contributed by atoms with van der Waals surface area (Å²) in [6, 6.07) is -0.856. The third-order valence-corrected chi connectivity index (χ3v) is 9.05. The molecule has 0 aliphatic heterocycles. The SMILES string of the molecule is CC/C=C\C/C=C\C/C=C\C/C=C\CCCCCCC(=O)OC(/C=C\CCCCCCCC)CCCCCCCCC(=O)NC(CCCN)C(=O)O. The number of carbonyl (C=O) groups is 3. The van der Waals surface area contributed by atoms with E-state index in [1.54, 1.807) is 0 Å². The minimum atomic E-state index is -1.01. The standard InChI is InChI=1S/C45H78N2O5/c1-3-5-7-9-11-13-14-15-16-17-18-19-20-21-23-29-33-39-44(49)52-41(35-30-26-22-12-10-8-6-4-2)36-31-27-24-25-28-32-38-43(48)47-42(45(50)51)37-34-40-46/h5,7,11,13,15-16,18-19,30,35,41-42H,3-4,6,8-10,12,14,17,20-29,31-34,36-40,46H2,1-2H3,(H,47,48)(H,50,51)/b7-5-,13-11-,16-15-,19-18-,35-30-. The number of nitrogens with one attached hydrogen (secondary N) is 1. The molecule has 0 bridgehead atoms. The highest BCUT2D eigenvalue weighted by molar-refractivity contribution is 5.83. The lowest BCUT2D eigenvalue weighted by Crippen LogP contribution is -2.40. The molecule has 7 nitrogen and oxygen atoms in total. The molecule has 2 atom stereocenters. The molecule has 298 valence electrons. The summed E-state index contributed by atoms with van der Waals surface area (Å²) < 4.78 is 5.94. The van der Waals surface area contributed by atoms with E-state index in [-0.39, 0.29) is 18.0 Å². The number of nitrogens with two attached hydrogens (primary N) is 1. The summed E-state index contributed by atoms with van der Waals surface area (Å²) in [7, 11) is 0. The fourth-order valence-electron chi connectivity index (χ4n) is 5.88. The minimum absolute atomic E-state index is 0.0837. The maximum Gasteiger partial charge on any atom is 0.326 e. The molecule has 0 aromatic carbocycles. The first-order valence-electron chi connectivity index (χ1n) is 21.1. The first-order valence-corrected chi connectivity index (χ1v) is 21.1. The van der Waals surface area contributed by atoms with E-state index in [0.717, 1.165) is 109 Å². The fourth-order valence-corrected chi connectivity index (χ4v) is 5.88. The van der Waals surface area contributed by atoms with Crippen molar-refractivity contribution in [2.45, 2.75) is 199 Å². The van der Waals surface area contributed by atoms with E-state index in [2.05, 4.69) is 79.9 Å². The summed E-state index contributed by atoms with van der Waals surface area (Å²) >= 11 is 0. The maximum atomic E-state index is 12.7. The van der Waals surface area contributed by atoms with Gasteiger partial charge in [-0.25, -0.2) is 4.79 Å². The molecule has 1 amide bonds. The molecular weight excluding hydrogens is 649 g/mol. The minimum Gasteiger partial charge on any atom is -0.480 e. The molecular formula is C45H78N2O5. The molecule has 0 fully saturated rings. The van der Waals surface area contributed by atoms with Crippen molar-refractivity contribution in [2.75, 3.05) is 6.54 Å². The Kier molecular flexibility index (Phi) is 37.1. The van der Waals surface area contributed by atoms with Crippen LogP contribution in [0.3, 0.4) is 0 Å². The number of esters is 1. The van der Waals surface area contributed by atoms with Crippen molar-refractivity contribution < 1.29 is 24.2 Å². The molecule has 2 unspecified atom stereocenters. The van der Waals surface area contributed by atoms with Crippen LogP contribution in [0.1, 0.15) is 187 Å². The van der Waals surface area contributed by atoms with Gasteiger partial charge >= 0.3 is 11.9 Å². The number of unbranched alkanes of at least 4 members (excludes halogenated alkanes) is 15. The zero-order valence-corrected chi connectivity index (χ0v) is 33.4. The van der Waals surface area contributed by atoms with Gasteiger partial charge in [0.15, 0.2) is 0 Å². The summed E-state index contributed by atoms with van der Waals surface area (Å²) in [6.45, 7) is 4.81. The van der Waals surface area contributed by atoms with Gasteiger partial charge in [0.25, 0.3) is 0 Å². The Bertz CT molecular complexity index is 1000. The number of hydrogen-bond donors (Lipinski definition) is 3. The molecule has 0 rings (SSSR count). The smallest absolute Gasteiger partial charge is 0.326 e. The van der Waals surface area contributed by atoms with Gasteiger partial charge in [-0.1, -0.05) is 139 Å². The Balaban J connectivity index is 4.30. The molecule has 0 aromatic heterocycles. The summed E-state index contributed by atoms with van der Waals surface area (Å²) in [5.41, 5.74) is 5.47. The lowest BCUT2D eigenvalue weighted by atomic mass is 10.0. The van der Waals surface area contributed by atoms with E-state index >= 15 is 0 Å². The van der Waals surface area contributed by atoms with Gasteiger partial charge in [0.1, 0.15) is 12.1 Å². The fraction of sp³-hybridized carbons (Fsp3) is 0.711. The number of carboxylic acids is 1. The van der Waals surface area contributed by atoms with Crippen LogP contribution in [0.15, 0.2) is 60.8 Å². The molecule has 52 heavy (non-hydrogen) atoms. The van der Waals surface area contributed by atoms with Crippen LogP contribution in [-0.2, 0) is 19.1 Å². The van der Waals surface area contributed by atoms with Gasteiger partial charge in [-0.15, -0.1) is 0 Å². The second-order valence-corrected chi connectivity index (χ2v) is 14.0. The summed E-state index contributed by atoms with van der Waals surface area (Å²) in [5.74, 6) is -1.30. The average Bonchev–Trinajstić information content (AvgIpc) is 3.13. The monoisotopic (exact) mass is 727 g/mol. The highest BCUT2D eigenvalue weighted by Gasteiger charge is 2.18. The van der Waals surface area contributed by atoms with Gasteiger partial charge in [-0.05, 0) is 103 Å². The van der Waals surface area contributed by atoms with Crippen LogP contribution >= 0.6 is 0 Å². The molecule has 0 aliphatic rings. The Morgan fingerprint density at radius 3 is 1.71 bits per heavy atom. The van der Waals surface area contributed by atoms with E-state index in [1.165, 1.54) is 38.5 Å². The number of amides is 1. The number of aliphatic carboxylic acids is 1. The van der Waals surface area contributed by atoms with Gasteiger partial charge in [0, 0.05) is 12.8 Å². The number of ether oxygens (including phenoxy) is 1. The van der Waals surface area contributed by atoms with Crippen molar-refractivity contribution in [3.8, 4) is 0 Å². The Morgan fingerprint density at radius 2 is 1.12 bits per heavy atom. The maximum absolute atomic E-state index is 12.7. The molecule has 7 heteroatoms. The Hall–Kier alpha value is -2.93. The highest BCUT2D eigenvalue weighted by atomic mass is 16.5. The van der Waals surface area contributed by atoms with Crippen LogP contribution in [0, 0.1) is 0 Å². The molecule has 0 saturated carbocycles. The van der Waals surface area contributed by atoms with Gasteiger partial charge in [-0.3, -0.25) is 9.59 Å². The van der Waals surface area contributed by atoms with Crippen molar-refractivity contribution in [3.05, 3.63) is 60.8 Å². The van der Waals surface area contributed by atoms with Crippen LogP contribution in [0.5, 0.6) is 0 Å². The van der Waals surface area contributed by atoms with Gasteiger partial charge in [0.2, 0.25) is 5.91 Å². The predicted octanol–water partition coefficient (Wildman–Crippen LogP) is 11.8. The summed E-state index contributed by atoms with van der Waals surface area (Å²) in [4.78, 5) is 36.2. The van der Waals surface area contributed by atoms with Crippen molar-refractivity contribution in [2.24, 2.45) is 5.73 Å². The zero-order chi connectivity index (χ0) is 38.2.